The third kappa shape index (κ3) is 4.61. The predicted molar refractivity (Wildman–Crippen MR) is 69.2 cm³/mol. The molecule has 2 rings (SSSR count). The number of piperazine rings is 1. The van der Waals surface area contributed by atoms with Crippen LogP contribution in [-0.2, 0) is 0 Å². The van der Waals surface area contributed by atoms with Crippen molar-refractivity contribution in [3.05, 3.63) is 0 Å². The SMILES string of the molecule is CC(CCCC(F)(F)F)N1CC(N2CCNCC2)C1. The maximum absolute atomic E-state index is 12.1. The Bertz CT molecular complexity index is 271. The molecule has 0 aromatic rings. The number of likely N-dealkylation sites (tertiary alicyclic amines) is 1. The lowest BCUT2D eigenvalue weighted by Gasteiger charge is -2.49. The topological polar surface area (TPSA) is 18.5 Å². The second-order valence-electron chi connectivity index (χ2n) is 5.75. The van der Waals surface area contributed by atoms with E-state index in [1.165, 1.54) is 0 Å². The highest BCUT2D eigenvalue weighted by Gasteiger charge is 2.35. The zero-order valence-corrected chi connectivity index (χ0v) is 11.5. The number of alkyl halides is 3. The van der Waals surface area contributed by atoms with Gasteiger partial charge in [0.05, 0.1) is 0 Å². The van der Waals surface area contributed by atoms with Crippen LogP contribution in [0.5, 0.6) is 0 Å². The average Bonchev–Trinajstić information content (AvgIpc) is 2.26. The van der Waals surface area contributed by atoms with Crippen LogP contribution in [0.25, 0.3) is 0 Å². The zero-order valence-electron chi connectivity index (χ0n) is 11.5. The van der Waals surface area contributed by atoms with Gasteiger partial charge in [-0.3, -0.25) is 9.80 Å². The average molecular weight is 279 g/mol. The molecule has 2 fully saturated rings. The van der Waals surface area contributed by atoms with E-state index < -0.39 is 12.6 Å². The highest BCUT2D eigenvalue weighted by atomic mass is 19.4. The molecule has 0 aromatic heterocycles. The molecule has 3 nitrogen and oxygen atoms in total. The summed E-state index contributed by atoms with van der Waals surface area (Å²) in [7, 11) is 0. The summed E-state index contributed by atoms with van der Waals surface area (Å²) >= 11 is 0. The quantitative estimate of drug-likeness (QED) is 0.826. The summed E-state index contributed by atoms with van der Waals surface area (Å²) in [6.07, 6.45) is -3.75. The molecule has 0 radical (unpaired) electrons. The van der Waals surface area contributed by atoms with E-state index in [1.54, 1.807) is 0 Å². The molecule has 0 saturated carbocycles. The maximum Gasteiger partial charge on any atom is 0.389 e. The summed E-state index contributed by atoms with van der Waals surface area (Å²) in [5, 5.41) is 3.33. The van der Waals surface area contributed by atoms with Crippen LogP contribution in [0.3, 0.4) is 0 Å². The van der Waals surface area contributed by atoms with Crippen LogP contribution in [-0.4, -0.2) is 67.3 Å². The van der Waals surface area contributed by atoms with Crippen molar-refractivity contribution in [3.8, 4) is 0 Å². The Morgan fingerprint density at radius 1 is 1.21 bits per heavy atom. The van der Waals surface area contributed by atoms with Gasteiger partial charge in [-0.15, -0.1) is 0 Å². The number of nitrogens with zero attached hydrogens (tertiary/aromatic N) is 2. The number of rotatable bonds is 5. The molecule has 0 aromatic carbocycles. The summed E-state index contributed by atoms with van der Waals surface area (Å²) in [5.74, 6) is 0. The van der Waals surface area contributed by atoms with Gasteiger partial charge in [0.2, 0.25) is 0 Å². The maximum atomic E-state index is 12.1. The van der Waals surface area contributed by atoms with E-state index in [1.807, 2.05) is 6.92 Å². The lowest BCUT2D eigenvalue weighted by molar-refractivity contribution is -0.136. The first-order valence-electron chi connectivity index (χ1n) is 7.21. The molecule has 112 valence electrons. The summed E-state index contributed by atoms with van der Waals surface area (Å²) in [6, 6.07) is 0.897. The van der Waals surface area contributed by atoms with Gasteiger partial charge in [0.25, 0.3) is 0 Å². The Hall–Kier alpha value is -0.330. The Balaban J connectivity index is 1.60. The summed E-state index contributed by atoms with van der Waals surface area (Å²) in [5.41, 5.74) is 0. The van der Waals surface area contributed by atoms with Gasteiger partial charge in [-0.25, -0.2) is 0 Å². The Labute approximate surface area is 113 Å². The van der Waals surface area contributed by atoms with Crippen LogP contribution < -0.4 is 5.32 Å². The molecule has 2 heterocycles. The van der Waals surface area contributed by atoms with Gasteiger partial charge >= 0.3 is 6.18 Å². The third-order valence-electron chi connectivity index (χ3n) is 4.26. The molecular weight excluding hydrogens is 255 g/mol. The molecule has 0 aliphatic carbocycles. The number of halogens is 3. The molecule has 2 saturated heterocycles. The number of hydrogen-bond acceptors (Lipinski definition) is 3. The molecule has 1 unspecified atom stereocenters. The van der Waals surface area contributed by atoms with Crippen LogP contribution in [0.2, 0.25) is 0 Å². The first-order valence-corrected chi connectivity index (χ1v) is 7.21. The molecule has 19 heavy (non-hydrogen) atoms. The molecule has 1 atom stereocenters. The highest BCUT2D eigenvalue weighted by Crippen LogP contribution is 2.25. The molecular formula is C13H24F3N3. The monoisotopic (exact) mass is 279 g/mol. The number of hydrogen-bond donors (Lipinski definition) is 1. The highest BCUT2D eigenvalue weighted by molar-refractivity contribution is 4.91. The Kier molecular flexibility index (Phi) is 5.09. The number of nitrogens with one attached hydrogen (secondary N) is 1. The normalized spacial score (nSPS) is 25.3. The second kappa shape index (κ2) is 6.41. The van der Waals surface area contributed by atoms with Gasteiger partial charge in [0.1, 0.15) is 0 Å². The van der Waals surface area contributed by atoms with Crippen molar-refractivity contribution in [1.29, 1.82) is 0 Å². The van der Waals surface area contributed by atoms with Crippen LogP contribution in [0.4, 0.5) is 13.2 Å². The van der Waals surface area contributed by atoms with E-state index >= 15 is 0 Å². The van der Waals surface area contributed by atoms with Crippen molar-refractivity contribution in [2.45, 2.75) is 44.4 Å². The summed E-state index contributed by atoms with van der Waals surface area (Å²) in [4.78, 5) is 4.80. The van der Waals surface area contributed by atoms with Crippen molar-refractivity contribution in [1.82, 2.24) is 15.1 Å². The first kappa shape index (κ1) is 15.1. The standard InChI is InChI=1S/C13H24F3N3/c1-11(3-2-4-13(14,15)16)19-9-12(10-19)18-7-5-17-6-8-18/h11-12,17H,2-10H2,1H3. The Morgan fingerprint density at radius 2 is 1.84 bits per heavy atom. The van der Waals surface area contributed by atoms with Crippen molar-refractivity contribution in [2.75, 3.05) is 39.3 Å². The van der Waals surface area contributed by atoms with E-state index in [2.05, 4.69) is 15.1 Å². The van der Waals surface area contributed by atoms with Crippen molar-refractivity contribution >= 4 is 0 Å². The molecule has 2 aliphatic heterocycles. The van der Waals surface area contributed by atoms with E-state index in [9.17, 15) is 13.2 Å². The van der Waals surface area contributed by atoms with Crippen LogP contribution in [0, 0.1) is 0 Å². The lowest BCUT2D eigenvalue weighted by Crippen LogP contribution is -2.64. The smallest absolute Gasteiger partial charge is 0.314 e. The minimum absolute atomic E-state index is 0.249. The van der Waals surface area contributed by atoms with Gasteiger partial charge in [0, 0.05) is 57.8 Å². The van der Waals surface area contributed by atoms with Crippen molar-refractivity contribution in [3.63, 3.8) is 0 Å². The van der Waals surface area contributed by atoms with E-state index in [4.69, 9.17) is 0 Å². The molecule has 0 amide bonds. The lowest BCUT2D eigenvalue weighted by atomic mass is 10.0. The first-order chi connectivity index (χ1) is 8.96. The van der Waals surface area contributed by atoms with Gasteiger partial charge in [-0.2, -0.15) is 13.2 Å². The van der Waals surface area contributed by atoms with Gasteiger partial charge in [0.15, 0.2) is 0 Å². The fourth-order valence-corrected chi connectivity index (χ4v) is 2.91. The van der Waals surface area contributed by atoms with Gasteiger partial charge in [-0.05, 0) is 19.8 Å². The van der Waals surface area contributed by atoms with Gasteiger partial charge < -0.3 is 5.32 Å². The molecule has 6 heteroatoms. The molecule has 0 spiro atoms. The van der Waals surface area contributed by atoms with Crippen molar-refractivity contribution < 1.29 is 13.2 Å². The molecule has 1 N–H and O–H groups in total. The van der Waals surface area contributed by atoms with E-state index in [-0.39, 0.29) is 12.5 Å². The fraction of sp³-hybridized carbons (Fsp3) is 1.00. The molecule has 2 aliphatic rings. The van der Waals surface area contributed by atoms with Crippen molar-refractivity contribution in [2.24, 2.45) is 0 Å². The van der Waals surface area contributed by atoms with Crippen LogP contribution in [0.1, 0.15) is 26.2 Å². The van der Waals surface area contributed by atoms with Gasteiger partial charge in [-0.1, -0.05) is 0 Å². The van der Waals surface area contributed by atoms with Crippen LogP contribution in [0.15, 0.2) is 0 Å². The third-order valence-corrected chi connectivity index (χ3v) is 4.26. The summed E-state index contributed by atoms with van der Waals surface area (Å²) in [6.45, 7) is 8.39. The predicted octanol–water partition coefficient (Wildman–Crippen LogP) is 1.70. The molecule has 0 bridgehead atoms. The fourth-order valence-electron chi connectivity index (χ4n) is 2.91. The second-order valence-corrected chi connectivity index (χ2v) is 5.75. The van der Waals surface area contributed by atoms with E-state index in [0.29, 0.717) is 12.5 Å². The van der Waals surface area contributed by atoms with Crippen LogP contribution >= 0.6 is 0 Å². The minimum Gasteiger partial charge on any atom is -0.314 e. The Morgan fingerprint density at radius 3 is 2.42 bits per heavy atom. The minimum atomic E-state index is -4.00. The van der Waals surface area contributed by atoms with E-state index in [0.717, 1.165) is 39.3 Å². The zero-order chi connectivity index (χ0) is 13.9. The largest absolute Gasteiger partial charge is 0.389 e. The summed E-state index contributed by atoms with van der Waals surface area (Å²) < 4.78 is 36.2.